The van der Waals surface area contributed by atoms with Crippen LogP contribution >= 0.6 is 0 Å². The van der Waals surface area contributed by atoms with Crippen LogP contribution in [0.25, 0.3) is 0 Å². The first-order chi connectivity index (χ1) is 39.0. The molecule has 0 heterocycles. The Balaban J connectivity index is 4.01. The van der Waals surface area contributed by atoms with E-state index in [1.807, 2.05) is 0 Å². The second kappa shape index (κ2) is 68.6. The van der Waals surface area contributed by atoms with Crippen LogP contribution in [0, 0.1) is 0 Å². The number of unbranched alkanes of at least 4 members (excludes halogenated alkanes) is 55. The van der Waals surface area contributed by atoms with Gasteiger partial charge in [-0.1, -0.05) is 367 Å². The molecule has 0 radical (unpaired) electrons. The molecule has 1 unspecified atom stereocenters. The van der Waals surface area contributed by atoms with E-state index < -0.39 is 6.10 Å². The van der Waals surface area contributed by atoms with Crippen LogP contribution in [0.1, 0.15) is 419 Å². The summed E-state index contributed by atoms with van der Waals surface area (Å²) >= 11 is 0. The third kappa shape index (κ3) is 66.8. The van der Waals surface area contributed by atoms with Gasteiger partial charge in [0.15, 0.2) is 6.10 Å². The zero-order valence-electron chi connectivity index (χ0n) is 53.9. The van der Waals surface area contributed by atoms with Crippen LogP contribution in [-0.4, -0.2) is 37.2 Å². The number of hydrogen-bond donors (Lipinski definition) is 0. The summed E-state index contributed by atoms with van der Waals surface area (Å²) in [4.78, 5) is 38.3. The highest BCUT2D eigenvalue weighted by molar-refractivity contribution is 5.71. The lowest BCUT2D eigenvalue weighted by Crippen LogP contribution is -2.30. The Morgan fingerprint density at radius 1 is 0.241 bits per heavy atom. The number of rotatable bonds is 68. The van der Waals surface area contributed by atoms with E-state index in [9.17, 15) is 14.4 Å². The Kier molecular flexibility index (Phi) is 67.0. The molecule has 468 valence electrons. The van der Waals surface area contributed by atoms with Gasteiger partial charge in [0.25, 0.3) is 0 Å². The SMILES string of the molecule is CCCCC/C=C\CCCCCCCC(=O)OCC(COC(=O)CCCCCCCCCCCCCCCCCCCCCCCCCCCCCCCCCCCC)OC(=O)CCCCCCCCCCCCCCCCC. The predicted octanol–water partition coefficient (Wildman–Crippen LogP) is 24.8. The third-order valence-corrected chi connectivity index (χ3v) is 16.8. The number of carbonyl (C=O) groups excluding carboxylic acids is 3. The first kappa shape index (κ1) is 77.2. The van der Waals surface area contributed by atoms with E-state index in [1.165, 1.54) is 315 Å². The van der Waals surface area contributed by atoms with E-state index in [2.05, 4.69) is 32.9 Å². The van der Waals surface area contributed by atoms with Crippen molar-refractivity contribution >= 4 is 17.9 Å². The largest absolute Gasteiger partial charge is 0.462 e. The van der Waals surface area contributed by atoms with E-state index in [0.29, 0.717) is 19.3 Å². The minimum Gasteiger partial charge on any atom is -0.462 e. The number of hydrogen-bond acceptors (Lipinski definition) is 6. The van der Waals surface area contributed by atoms with E-state index in [0.717, 1.165) is 64.2 Å². The molecule has 0 aliphatic heterocycles. The highest BCUT2D eigenvalue weighted by atomic mass is 16.6. The molecule has 6 nitrogen and oxygen atoms in total. The van der Waals surface area contributed by atoms with Crippen LogP contribution in [-0.2, 0) is 28.6 Å². The summed E-state index contributed by atoms with van der Waals surface area (Å²) in [5.74, 6) is -0.844. The number of ether oxygens (including phenoxy) is 3. The number of allylic oxidation sites excluding steroid dienone is 2. The van der Waals surface area contributed by atoms with Crippen LogP contribution in [0.4, 0.5) is 0 Å². The molecule has 0 bridgehead atoms. The smallest absolute Gasteiger partial charge is 0.306 e. The summed E-state index contributed by atoms with van der Waals surface area (Å²) in [5.41, 5.74) is 0. The van der Waals surface area contributed by atoms with E-state index in [-0.39, 0.29) is 31.1 Å². The Bertz CT molecular complexity index is 1230. The van der Waals surface area contributed by atoms with Crippen molar-refractivity contribution in [3.63, 3.8) is 0 Å². The average molecular weight is 1110 g/mol. The molecular weight excluding hydrogens is 973 g/mol. The first-order valence-electron chi connectivity index (χ1n) is 36.2. The molecule has 0 aliphatic carbocycles. The molecule has 6 heteroatoms. The molecule has 1 atom stereocenters. The van der Waals surface area contributed by atoms with Crippen LogP contribution < -0.4 is 0 Å². The minimum atomic E-state index is -0.769. The third-order valence-electron chi connectivity index (χ3n) is 16.8. The second-order valence-electron chi connectivity index (χ2n) is 24.9. The van der Waals surface area contributed by atoms with E-state index in [4.69, 9.17) is 14.2 Å². The second-order valence-corrected chi connectivity index (χ2v) is 24.9. The Hall–Kier alpha value is -1.85. The number of carbonyl (C=O) groups is 3. The van der Waals surface area contributed by atoms with Crippen molar-refractivity contribution in [1.82, 2.24) is 0 Å². The molecule has 0 amide bonds. The van der Waals surface area contributed by atoms with Gasteiger partial charge >= 0.3 is 17.9 Å². The summed E-state index contributed by atoms with van der Waals surface area (Å²) in [5, 5.41) is 0. The van der Waals surface area contributed by atoms with Crippen molar-refractivity contribution in [2.75, 3.05) is 13.2 Å². The van der Waals surface area contributed by atoms with Crippen molar-refractivity contribution in [1.29, 1.82) is 0 Å². The maximum absolute atomic E-state index is 12.9. The van der Waals surface area contributed by atoms with Gasteiger partial charge in [0.05, 0.1) is 0 Å². The topological polar surface area (TPSA) is 78.9 Å². The molecule has 0 aromatic heterocycles. The van der Waals surface area contributed by atoms with Gasteiger partial charge in [0.2, 0.25) is 0 Å². The molecular formula is C73H140O6. The minimum absolute atomic E-state index is 0.0660. The highest BCUT2D eigenvalue weighted by Gasteiger charge is 2.19. The maximum atomic E-state index is 12.9. The lowest BCUT2D eigenvalue weighted by atomic mass is 10.0. The molecule has 0 aromatic rings. The van der Waals surface area contributed by atoms with Crippen molar-refractivity contribution in [3.05, 3.63) is 12.2 Å². The monoisotopic (exact) mass is 1110 g/mol. The molecule has 0 saturated heterocycles. The molecule has 0 aromatic carbocycles. The van der Waals surface area contributed by atoms with E-state index in [1.54, 1.807) is 0 Å². The maximum Gasteiger partial charge on any atom is 0.306 e. The summed E-state index contributed by atoms with van der Waals surface area (Å²) in [6, 6.07) is 0. The van der Waals surface area contributed by atoms with Gasteiger partial charge in [-0.15, -0.1) is 0 Å². The zero-order valence-corrected chi connectivity index (χ0v) is 53.9. The molecule has 0 saturated carbocycles. The van der Waals surface area contributed by atoms with Crippen molar-refractivity contribution in [3.8, 4) is 0 Å². The fourth-order valence-corrected chi connectivity index (χ4v) is 11.3. The molecule has 0 N–H and O–H groups in total. The van der Waals surface area contributed by atoms with Gasteiger partial charge < -0.3 is 14.2 Å². The van der Waals surface area contributed by atoms with E-state index >= 15 is 0 Å². The predicted molar refractivity (Wildman–Crippen MR) is 344 cm³/mol. The summed E-state index contributed by atoms with van der Waals surface area (Å²) < 4.78 is 16.9. The Labute approximate surface area is 494 Å². The average Bonchev–Trinajstić information content (AvgIpc) is 3.45. The number of esters is 3. The van der Waals surface area contributed by atoms with Gasteiger partial charge in [-0.25, -0.2) is 0 Å². The zero-order chi connectivity index (χ0) is 57.1. The van der Waals surface area contributed by atoms with Crippen LogP contribution in [0.3, 0.4) is 0 Å². The fourth-order valence-electron chi connectivity index (χ4n) is 11.3. The Morgan fingerprint density at radius 2 is 0.418 bits per heavy atom. The molecule has 0 fully saturated rings. The first-order valence-corrected chi connectivity index (χ1v) is 36.2. The highest BCUT2D eigenvalue weighted by Crippen LogP contribution is 2.19. The fraction of sp³-hybridized carbons (Fsp3) is 0.932. The summed E-state index contributed by atoms with van der Waals surface area (Å²) in [6.07, 6.45) is 82.7. The van der Waals surface area contributed by atoms with Gasteiger partial charge in [0, 0.05) is 19.3 Å². The van der Waals surface area contributed by atoms with Gasteiger partial charge in [0.1, 0.15) is 13.2 Å². The molecule has 0 aliphatic rings. The van der Waals surface area contributed by atoms with Crippen LogP contribution in [0.5, 0.6) is 0 Å². The van der Waals surface area contributed by atoms with Crippen molar-refractivity contribution in [2.24, 2.45) is 0 Å². The quantitative estimate of drug-likeness (QED) is 0.0261. The molecule has 79 heavy (non-hydrogen) atoms. The van der Waals surface area contributed by atoms with Crippen LogP contribution in [0.15, 0.2) is 12.2 Å². The van der Waals surface area contributed by atoms with Crippen molar-refractivity contribution in [2.45, 2.75) is 425 Å². The normalized spacial score (nSPS) is 12.0. The Morgan fingerprint density at radius 3 is 0.658 bits per heavy atom. The van der Waals surface area contributed by atoms with Gasteiger partial charge in [-0.3, -0.25) is 14.4 Å². The van der Waals surface area contributed by atoms with Gasteiger partial charge in [-0.2, -0.15) is 0 Å². The van der Waals surface area contributed by atoms with Crippen molar-refractivity contribution < 1.29 is 28.6 Å². The summed E-state index contributed by atoms with van der Waals surface area (Å²) in [6.45, 7) is 6.69. The van der Waals surface area contributed by atoms with Gasteiger partial charge in [-0.05, 0) is 44.9 Å². The standard InChI is InChI=1S/C73H140O6/c1-4-7-10-13-16-19-22-25-27-28-29-30-31-32-33-34-35-36-37-38-39-40-41-42-43-44-45-47-48-51-54-57-60-63-66-72(75)78-69-70(68-77-71(74)65-62-59-56-53-50-24-21-18-15-12-9-6-3)79-73(76)67-64-61-58-55-52-49-46-26-23-20-17-14-11-8-5-2/h18,21,70H,4-17,19-20,22-69H2,1-3H3/b21-18-. The molecule has 0 rings (SSSR count). The van der Waals surface area contributed by atoms with Crippen LogP contribution in [0.2, 0.25) is 0 Å². The lowest BCUT2D eigenvalue weighted by Gasteiger charge is -2.18. The lowest BCUT2D eigenvalue weighted by molar-refractivity contribution is -0.167. The summed E-state index contributed by atoms with van der Waals surface area (Å²) in [7, 11) is 0. The molecule has 0 spiro atoms.